The Morgan fingerprint density at radius 1 is 1.09 bits per heavy atom. The number of benzene rings is 3. The molecule has 1 fully saturated rings. The Morgan fingerprint density at radius 2 is 1.83 bits per heavy atom. The summed E-state index contributed by atoms with van der Waals surface area (Å²) < 4.78 is 30.8. The number of carbonyl (C=O) groups is 1. The van der Waals surface area contributed by atoms with Gasteiger partial charge in [-0.3, -0.25) is 4.79 Å². The number of rotatable bonds is 8. The topological polar surface area (TPSA) is 69.2 Å². The van der Waals surface area contributed by atoms with Crippen LogP contribution in [-0.2, 0) is 11.4 Å². The summed E-state index contributed by atoms with van der Waals surface area (Å²) in [6.45, 7) is 2.57. The Labute approximate surface area is 215 Å². The quantitative estimate of drug-likeness (QED) is 0.322. The van der Waals surface area contributed by atoms with Gasteiger partial charge in [0.2, 0.25) is 0 Å². The van der Waals surface area contributed by atoms with Gasteiger partial charge in [-0.15, -0.1) is 0 Å². The van der Waals surface area contributed by atoms with Gasteiger partial charge in [0, 0.05) is 0 Å². The Balaban J connectivity index is 1.53. The summed E-state index contributed by atoms with van der Waals surface area (Å²) in [7, 11) is 1.60. The highest BCUT2D eigenvalue weighted by molar-refractivity contribution is 9.10. The standard InChI is InChI=1S/C26H22BrFN2O4S/c1-3-33-22-13-17(12-21(27)24(22)34-15-16-4-6-18(28)7-5-16)14-23-25(31)30-26(35-23)29-19-8-10-20(32-2)11-9-19/h4-14H,3,15H2,1-2H3,(H,29,30,31)/b23-14+. The fourth-order valence-corrected chi connectivity index (χ4v) is 4.63. The predicted molar refractivity (Wildman–Crippen MR) is 140 cm³/mol. The normalized spacial score (nSPS) is 15.4. The maximum absolute atomic E-state index is 13.2. The van der Waals surface area contributed by atoms with Crippen LogP contribution in [0, 0.1) is 5.82 Å². The predicted octanol–water partition coefficient (Wildman–Crippen LogP) is 6.47. The molecule has 0 unspecified atom stereocenters. The number of nitrogens with zero attached hydrogens (tertiary/aromatic N) is 1. The number of methoxy groups -OCH3 is 1. The molecule has 0 spiro atoms. The van der Waals surface area contributed by atoms with Gasteiger partial charge in [0.25, 0.3) is 5.91 Å². The molecule has 3 aromatic rings. The molecule has 0 atom stereocenters. The lowest BCUT2D eigenvalue weighted by Gasteiger charge is -2.15. The fraction of sp³-hybridized carbons (Fsp3) is 0.154. The summed E-state index contributed by atoms with van der Waals surface area (Å²) in [5.41, 5.74) is 2.30. The molecule has 1 heterocycles. The van der Waals surface area contributed by atoms with Crippen molar-refractivity contribution in [2.24, 2.45) is 4.99 Å². The lowest BCUT2D eigenvalue weighted by atomic mass is 10.1. The van der Waals surface area contributed by atoms with Gasteiger partial charge >= 0.3 is 0 Å². The zero-order valence-corrected chi connectivity index (χ0v) is 21.4. The summed E-state index contributed by atoms with van der Waals surface area (Å²) >= 11 is 4.81. The minimum Gasteiger partial charge on any atom is -0.497 e. The fourth-order valence-electron chi connectivity index (χ4n) is 3.22. The van der Waals surface area contributed by atoms with E-state index in [1.165, 1.54) is 23.9 Å². The van der Waals surface area contributed by atoms with Crippen LogP contribution in [0.25, 0.3) is 6.08 Å². The molecule has 1 saturated heterocycles. The zero-order valence-electron chi connectivity index (χ0n) is 19.0. The summed E-state index contributed by atoms with van der Waals surface area (Å²) in [5, 5.41) is 3.28. The molecule has 35 heavy (non-hydrogen) atoms. The van der Waals surface area contributed by atoms with E-state index >= 15 is 0 Å². The SMILES string of the molecule is CCOc1cc(/C=C2/SC(=Nc3ccc(OC)cc3)NC2=O)cc(Br)c1OCc1ccc(F)cc1. The Kier molecular flexibility index (Phi) is 8.09. The zero-order chi connectivity index (χ0) is 24.8. The van der Waals surface area contributed by atoms with Crippen molar-refractivity contribution in [2.75, 3.05) is 13.7 Å². The minimum atomic E-state index is -0.298. The van der Waals surface area contributed by atoms with Gasteiger partial charge in [-0.05, 0) is 100 Å². The van der Waals surface area contributed by atoms with E-state index in [0.717, 1.165) is 16.9 Å². The number of carbonyl (C=O) groups excluding carboxylic acids is 1. The van der Waals surface area contributed by atoms with E-state index in [1.54, 1.807) is 25.3 Å². The molecular weight excluding hydrogens is 535 g/mol. The first-order valence-corrected chi connectivity index (χ1v) is 12.3. The molecule has 1 N–H and O–H groups in total. The molecule has 1 aliphatic rings. The van der Waals surface area contributed by atoms with E-state index in [-0.39, 0.29) is 18.3 Å². The van der Waals surface area contributed by atoms with E-state index in [9.17, 15) is 9.18 Å². The van der Waals surface area contributed by atoms with Gasteiger partial charge in [0.1, 0.15) is 18.2 Å². The minimum absolute atomic E-state index is 0.229. The van der Waals surface area contributed by atoms with E-state index in [4.69, 9.17) is 14.2 Å². The van der Waals surface area contributed by atoms with Crippen molar-refractivity contribution in [1.82, 2.24) is 5.32 Å². The van der Waals surface area contributed by atoms with Gasteiger partial charge < -0.3 is 19.5 Å². The van der Waals surface area contributed by atoms with Crippen molar-refractivity contribution in [3.8, 4) is 17.2 Å². The molecule has 9 heteroatoms. The molecule has 0 aromatic heterocycles. The molecule has 0 saturated carbocycles. The number of hydrogen-bond donors (Lipinski definition) is 1. The molecular formula is C26H22BrFN2O4S. The van der Waals surface area contributed by atoms with Crippen molar-refractivity contribution in [3.63, 3.8) is 0 Å². The lowest BCUT2D eigenvalue weighted by molar-refractivity contribution is -0.115. The number of hydrogen-bond acceptors (Lipinski definition) is 6. The monoisotopic (exact) mass is 556 g/mol. The second kappa shape index (κ2) is 11.4. The number of nitrogens with one attached hydrogen (secondary N) is 1. The van der Waals surface area contributed by atoms with Crippen LogP contribution in [0.3, 0.4) is 0 Å². The molecule has 0 radical (unpaired) electrons. The van der Waals surface area contributed by atoms with Crippen LogP contribution >= 0.6 is 27.7 Å². The summed E-state index contributed by atoms with van der Waals surface area (Å²) in [5.74, 6) is 1.27. The second-order valence-corrected chi connectivity index (χ2v) is 9.24. The van der Waals surface area contributed by atoms with E-state index in [2.05, 4.69) is 26.2 Å². The Morgan fingerprint density at radius 3 is 2.51 bits per heavy atom. The highest BCUT2D eigenvalue weighted by Gasteiger charge is 2.24. The van der Waals surface area contributed by atoms with Gasteiger partial charge in [0.05, 0.1) is 28.8 Å². The largest absolute Gasteiger partial charge is 0.497 e. The van der Waals surface area contributed by atoms with Gasteiger partial charge in [-0.25, -0.2) is 9.38 Å². The van der Waals surface area contributed by atoms with Crippen molar-refractivity contribution in [1.29, 1.82) is 0 Å². The smallest absolute Gasteiger partial charge is 0.264 e. The third-order valence-electron chi connectivity index (χ3n) is 4.88. The highest BCUT2D eigenvalue weighted by Crippen LogP contribution is 2.39. The first kappa shape index (κ1) is 24.8. The first-order chi connectivity index (χ1) is 16.9. The molecule has 1 aliphatic heterocycles. The van der Waals surface area contributed by atoms with Crippen LogP contribution in [0.2, 0.25) is 0 Å². The maximum Gasteiger partial charge on any atom is 0.264 e. The number of halogens is 2. The average molecular weight is 557 g/mol. The Bertz CT molecular complexity index is 1280. The maximum atomic E-state index is 13.2. The van der Waals surface area contributed by atoms with Crippen LogP contribution in [-0.4, -0.2) is 24.8 Å². The third-order valence-corrected chi connectivity index (χ3v) is 6.38. The molecule has 0 bridgehead atoms. The number of amidine groups is 1. The van der Waals surface area contributed by atoms with Crippen molar-refractivity contribution < 1.29 is 23.4 Å². The van der Waals surface area contributed by atoms with Crippen molar-refractivity contribution >= 4 is 50.5 Å². The van der Waals surface area contributed by atoms with Crippen LogP contribution in [0.15, 0.2) is 75.0 Å². The van der Waals surface area contributed by atoms with Crippen LogP contribution in [0.5, 0.6) is 17.2 Å². The molecule has 6 nitrogen and oxygen atoms in total. The van der Waals surface area contributed by atoms with Gasteiger partial charge in [-0.1, -0.05) is 12.1 Å². The molecule has 3 aromatic carbocycles. The van der Waals surface area contributed by atoms with Crippen molar-refractivity contribution in [3.05, 3.63) is 87.0 Å². The average Bonchev–Trinajstić information content (AvgIpc) is 3.18. The van der Waals surface area contributed by atoms with E-state index in [0.29, 0.717) is 38.3 Å². The lowest BCUT2D eigenvalue weighted by Crippen LogP contribution is -2.19. The van der Waals surface area contributed by atoms with E-state index < -0.39 is 0 Å². The molecule has 180 valence electrons. The van der Waals surface area contributed by atoms with Gasteiger partial charge in [0.15, 0.2) is 16.7 Å². The summed E-state index contributed by atoms with van der Waals surface area (Å²) in [4.78, 5) is 17.5. The molecule has 1 amide bonds. The van der Waals surface area contributed by atoms with Crippen LogP contribution < -0.4 is 19.5 Å². The van der Waals surface area contributed by atoms with Crippen LogP contribution in [0.4, 0.5) is 10.1 Å². The number of ether oxygens (including phenoxy) is 3. The summed E-state index contributed by atoms with van der Waals surface area (Å²) in [6, 6.07) is 17.0. The number of thioether (sulfide) groups is 1. The third kappa shape index (κ3) is 6.43. The molecule has 4 rings (SSSR count). The number of aliphatic imine (C=N–C) groups is 1. The first-order valence-electron chi connectivity index (χ1n) is 10.7. The Hall–Kier alpha value is -3.30. The van der Waals surface area contributed by atoms with E-state index in [1.807, 2.05) is 43.3 Å². The second-order valence-electron chi connectivity index (χ2n) is 7.36. The van der Waals surface area contributed by atoms with Crippen molar-refractivity contribution in [2.45, 2.75) is 13.5 Å². The van der Waals surface area contributed by atoms with Gasteiger partial charge in [-0.2, -0.15) is 0 Å². The molecule has 0 aliphatic carbocycles. The number of amides is 1. The van der Waals surface area contributed by atoms with Crippen LogP contribution in [0.1, 0.15) is 18.1 Å². The highest BCUT2D eigenvalue weighted by atomic mass is 79.9. The summed E-state index contributed by atoms with van der Waals surface area (Å²) in [6.07, 6.45) is 1.77.